The summed E-state index contributed by atoms with van der Waals surface area (Å²) in [6.45, 7) is 5.64. The highest BCUT2D eigenvalue weighted by molar-refractivity contribution is 8.01. The number of alkyl halides is 3. The first-order valence-corrected chi connectivity index (χ1v) is 41.0. The van der Waals surface area contributed by atoms with E-state index in [1.165, 1.54) is 69.7 Å². The molecule has 516 valence electrons. The van der Waals surface area contributed by atoms with Gasteiger partial charge >= 0.3 is 5.51 Å². The molecule has 0 saturated carbocycles. The second kappa shape index (κ2) is 37.4. The molecule has 104 heavy (non-hydrogen) atoms. The van der Waals surface area contributed by atoms with Crippen molar-refractivity contribution >= 4 is 121 Å². The van der Waals surface area contributed by atoms with Crippen molar-refractivity contribution in [3.05, 3.63) is 429 Å². The average molecular weight is 1460 g/mol. The molecule has 0 radical (unpaired) electrons. The van der Waals surface area contributed by atoms with Gasteiger partial charge in [0.1, 0.15) is 0 Å². The van der Waals surface area contributed by atoms with E-state index in [0.717, 1.165) is 11.6 Å². The van der Waals surface area contributed by atoms with Gasteiger partial charge < -0.3 is 0 Å². The smallest absolute Gasteiger partial charge is 0.214 e. The van der Waals surface area contributed by atoms with Crippen molar-refractivity contribution in [1.29, 1.82) is 0 Å². The van der Waals surface area contributed by atoms with Gasteiger partial charge in [0, 0.05) is 0 Å². The number of aryl methyl sites for hydroxylation is 1. The molecular weight excluding hydrogens is 1380 g/mol. The Morgan fingerprint density at radius 2 is 0.500 bits per heavy atom. The van der Waals surface area contributed by atoms with Crippen molar-refractivity contribution in [3.63, 3.8) is 0 Å². The predicted molar refractivity (Wildman–Crippen MR) is 443 cm³/mol. The Labute approximate surface area is 616 Å². The number of halogens is 3. The number of hydrogen-bond acceptors (Lipinski definition) is 4. The summed E-state index contributed by atoms with van der Waals surface area (Å²) in [6, 6.07) is 141. The highest BCUT2D eigenvalue weighted by Crippen LogP contribution is 2.46. The lowest BCUT2D eigenvalue weighted by Crippen LogP contribution is -2.29. The van der Waals surface area contributed by atoms with Crippen LogP contribution < -0.4 is 63.7 Å². The lowest BCUT2D eigenvalue weighted by atomic mass is 9.76. The summed E-state index contributed by atoms with van der Waals surface area (Å²) < 4.78 is 63.5. The van der Waals surface area contributed by atoms with E-state index in [4.69, 9.17) is 0 Å². The van der Waals surface area contributed by atoms with Crippen LogP contribution in [0.3, 0.4) is 0 Å². The van der Waals surface area contributed by atoms with Crippen LogP contribution in [-0.4, -0.2) is 13.9 Å². The van der Waals surface area contributed by atoms with Crippen LogP contribution in [0.2, 0.25) is 0 Å². The van der Waals surface area contributed by atoms with Crippen molar-refractivity contribution in [1.82, 2.24) is 0 Å². The highest BCUT2D eigenvalue weighted by atomic mass is 32.2. The summed E-state index contributed by atoms with van der Waals surface area (Å²) in [4.78, 5) is -0.721. The first-order chi connectivity index (χ1) is 50.7. The van der Waals surface area contributed by atoms with Gasteiger partial charge in [0.15, 0.2) is 0 Å². The molecule has 0 saturated heterocycles. The minimum Gasteiger partial charge on any atom is -0.214 e. The standard InChI is InChI=1S/C20H19F3N2O2S.4C18H15P/c1-13-4-6-14(7-5-13)24-25-15-8-9-17-16(12-15)18(10-11-19(17,2)3)28(26,27)20(21,22)23;4*1-4-10-16(11-5-1)19(17-12-6-2-7-13-17)18-14-8-3-9-15-18/h4-10,12H,11H2,1-3H3;4*1-15H. The molecule has 14 aromatic carbocycles. The first kappa shape index (κ1) is 75.1. The Kier molecular flexibility index (Phi) is 27.0. The van der Waals surface area contributed by atoms with E-state index in [2.05, 4.69) is 374 Å². The van der Waals surface area contributed by atoms with Crippen LogP contribution in [0.15, 0.2) is 423 Å². The zero-order chi connectivity index (χ0) is 72.4. The number of benzene rings is 14. The molecule has 12 heteroatoms. The summed E-state index contributed by atoms with van der Waals surface area (Å²) >= 11 is 0. The maximum absolute atomic E-state index is 13.1. The van der Waals surface area contributed by atoms with Gasteiger partial charge in [-0.25, -0.2) is 8.42 Å². The van der Waals surface area contributed by atoms with Gasteiger partial charge in [-0.15, -0.1) is 0 Å². The van der Waals surface area contributed by atoms with Gasteiger partial charge in [0.05, 0.1) is 16.3 Å². The van der Waals surface area contributed by atoms with E-state index in [-0.39, 0.29) is 17.7 Å². The van der Waals surface area contributed by atoms with Crippen LogP contribution in [0.4, 0.5) is 24.5 Å². The van der Waals surface area contributed by atoms with E-state index in [1.807, 2.05) is 32.9 Å². The summed E-state index contributed by atoms with van der Waals surface area (Å²) in [5.74, 6) is 0. The Bertz CT molecular complexity index is 4200. The summed E-state index contributed by atoms with van der Waals surface area (Å²) in [7, 11) is -7.25. The van der Waals surface area contributed by atoms with Gasteiger partial charge in [-0.1, -0.05) is 408 Å². The summed E-state index contributed by atoms with van der Waals surface area (Å²) in [5, 5.41) is 24.9. The van der Waals surface area contributed by atoms with Gasteiger partial charge in [-0.3, -0.25) is 0 Å². The lowest BCUT2D eigenvalue weighted by molar-refractivity contribution is -0.0420. The Balaban J connectivity index is 0.000000131. The SMILES string of the molecule is Cc1ccc(N=Nc2ccc3c(c2)C(S(=O)(=O)C(F)(F)F)=CCC3(C)C)cc1.c1ccc(P(c2ccccc2)c2ccccc2)cc1.c1ccc(P(c2ccccc2)c2ccccc2)cc1.c1ccc(P(c2ccccc2)c2ccccc2)cc1.c1ccc(P(c2ccccc2)c2ccccc2)cc1. The molecule has 0 aromatic heterocycles. The number of fused-ring (bicyclic) bond motifs is 1. The van der Waals surface area contributed by atoms with Gasteiger partial charge in [-0.2, -0.15) is 23.4 Å². The predicted octanol–water partition coefficient (Wildman–Crippen LogP) is 20.1. The van der Waals surface area contributed by atoms with Gasteiger partial charge in [-0.05, 0) is 149 Å². The number of sulfone groups is 1. The molecule has 0 heterocycles. The third-order valence-corrected chi connectivity index (χ3v) is 28.2. The highest BCUT2D eigenvalue weighted by Gasteiger charge is 2.50. The third kappa shape index (κ3) is 20.4. The molecule has 0 aliphatic heterocycles. The van der Waals surface area contributed by atoms with E-state index >= 15 is 0 Å². The minimum atomic E-state index is -5.46. The molecule has 0 spiro atoms. The monoisotopic (exact) mass is 1460 g/mol. The molecule has 4 nitrogen and oxygen atoms in total. The van der Waals surface area contributed by atoms with Crippen LogP contribution in [-0.2, 0) is 15.3 Å². The maximum Gasteiger partial charge on any atom is 0.501 e. The molecule has 1 aliphatic rings. The van der Waals surface area contributed by atoms with Crippen molar-refractivity contribution in [3.8, 4) is 0 Å². The number of hydrogen-bond donors (Lipinski definition) is 0. The normalized spacial score (nSPS) is 12.2. The molecule has 14 aromatic rings. The topological polar surface area (TPSA) is 58.9 Å². The van der Waals surface area contributed by atoms with Crippen LogP contribution >= 0.6 is 31.7 Å². The maximum atomic E-state index is 13.1. The Morgan fingerprint density at radius 3 is 0.712 bits per heavy atom. The third-order valence-electron chi connectivity index (χ3n) is 16.9. The molecule has 1 aliphatic carbocycles. The molecular formula is C92H79F3N2O2P4S. The van der Waals surface area contributed by atoms with Crippen molar-refractivity contribution in [2.75, 3.05) is 0 Å². The quantitative estimate of drug-likeness (QED) is 0.0759. The second-order valence-electron chi connectivity index (χ2n) is 24.7. The molecule has 0 N–H and O–H groups in total. The lowest BCUT2D eigenvalue weighted by Gasteiger charge is -2.32. The number of nitrogens with zero attached hydrogens (tertiary/aromatic N) is 2. The zero-order valence-corrected chi connectivity index (χ0v) is 62.4. The van der Waals surface area contributed by atoms with Gasteiger partial charge in [0.25, 0.3) is 9.84 Å². The van der Waals surface area contributed by atoms with Gasteiger partial charge in [0.2, 0.25) is 0 Å². The van der Waals surface area contributed by atoms with E-state index < -0.39 is 57.4 Å². The minimum absolute atomic E-state index is 0.0222. The number of azo groups is 1. The van der Waals surface area contributed by atoms with Crippen LogP contribution in [0.1, 0.15) is 37.0 Å². The molecule has 0 unspecified atom stereocenters. The fraction of sp³-hybridized carbons (Fsp3) is 0.0652. The number of rotatable bonds is 15. The summed E-state index contributed by atoms with van der Waals surface area (Å²) in [5.41, 5.74) is -3.38. The van der Waals surface area contributed by atoms with E-state index in [9.17, 15) is 21.6 Å². The zero-order valence-electron chi connectivity index (χ0n) is 58.0. The Morgan fingerprint density at radius 1 is 0.298 bits per heavy atom. The van der Waals surface area contributed by atoms with E-state index in [1.54, 1.807) is 24.3 Å². The van der Waals surface area contributed by atoms with Crippen LogP contribution in [0, 0.1) is 6.92 Å². The average Bonchev–Trinajstić information content (AvgIpc) is 0.742. The first-order valence-electron chi connectivity index (χ1n) is 34.2. The molecule has 0 bridgehead atoms. The largest absolute Gasteiger partial charge is 0.501 e. The molecule has 0 fully saturated rings. The van der Waals surface area contributed by atoms with E-state index in [0.29, 0.717) is 11.3 Å². The van der Waals surface area contributed by atoms with Crippen molar-refractivity contribution < 1.29 is 21.6 Å². The fourth-order valence-electron chi connectivity index (χ4n) is 11.8. The van der Waals surface area contributed by atoms with Crippen molar-refractivity contribution in [2.24, 2.45) is 10.2 Å². The van der Waals surface area contributed by atoms with Crippen molar-refractivity contribution in [2.45, 2.75) is 38.1 Å². The molecule has 0 atom stereocenters. The van der Waals surface area contributed by atoms with Crippen LogP contribution in [0.5, 0.6) is 0 Å². The summed E-state index contributed by atoms with van der Waals surface area (Å²) in [6.07, 6.45) is 1.33. The fourth-order valence-corrected chi connectivity index (χ4v) is 22.0. The number of allylic oxidation sites excluding steroid dienone is 1. The molecule has 15 rings (SSSR count). The molecule has 0 amide bonds. The second-order valence-corrected chi connectivity index (χ2v) is 35.5. The Hall–Kier alpha value is -10.1. The van der Waals surface area contributed by atoms with Crippen LogP contribution in [0.25, 0.3) is 4.91 Å².